The largest absolute Gasteiger partial charge is 0.381 e. The van der Waals surface area contributed by atoms with Crippen molar-refractivity contribution in [3.63, 3.8) is 0 Å². The van der Waals surface area contributed by atoms with Crippen LogP contribution >= 0.6 is 0 Å². The van der Waals surface area contributed by atoms with Gasteiger partial charge in [-0.3, -0.25) is 0 Å². The lowest BCUT2D eigenvalue weighted by Crippen LogP contribution is -2.23. The van der Waals surface area contributed by atoms with Crippen LogP contribution in [0.3, 0.4) is 0 Å². The van der Waals surface area contributed by atoms with E-state index in [4.69, 9.17) is 4.74 Å². The molecule has 19 heavy (non-hydrogen) atoms. The van der Waals surface area contributed by atoms with Gasteiger partial charge < -0.3 is 10.1 Å². The van der Waals surface area contributed by atoms with Crippen LogP contribution in [0.25, 0.3) is 0 Å². The first-order valence-corrected chi connectivity index (χ1v) is 7.87. The van der Waals surface area contributed by atoms with Crippen LogP contribution in [0.1, 0.15) is 19.3 Å². The lowest BCUT2D eigenvalue weighted by atomic mass is 10.2. The second-order valence-corrected chi connectivity index (χ2v) is 6.57. The van der Waals surface area contributed by atoms with Crippen molar-refractivity contribution < 1.29 is 13.2 Å². The molecule has 0 amide bonds. The fraction of sp³-hybridized carbons (Fsp3) is 0.538. The Bertz CT molecular complexity index is 530. The van der Waals surface area contributed by atoms with Crippen molar-refractivity contribution in [2.75, 3.05) is 19.5 Å². The minimum absolute atomic E-state index is 0.262. The van der Waals surface area contributed by atoms with Crippen LogP contribution < -0.4 is 10.0 Å². The fourth-order valence-corrected chi connectivity index (χ4v) is 3.33. The Morgan fingerprint density at radius 3 is 2.63 bits per heavy atom. The summed E-state index contributed by atoms with van der Waals surface area (Å²) in [6.07, 6.45) is 3.18. The van der Waals surface area contributed by atoms with Crippen LogP contribution in [-0.4, -0.2) is 34.7 Å². The number of sulfonamides is 1. The number of methoxy groups -OCH3 is 1. The van der Waals surface area contributed by atoms with Gasteiger partial charge in [-0.05, 0) is 38.4 Å². The standard InChI is InChI=1S/C13H20N2O3S/c1-14-19(16,17)13-6-4-3-5-12(13)15-10-7-8-11(9-10)18-2/h3-6,10-11,14-15H,7-9H2,1-2H3. The minimum atomic E-state index is -3.43. The van der Waals surface area contributed by atoms with Gasteiger partial charge in [0.1, 0.15) is 4.90 Å². The van der Waals surface area contributed by atoms with Gasteiger partial charge in [-0.25, -0.2) is 13.1 Å². The Morgan fingerprint density at radius 2 is 2.00 bits per heavy atom. The summed E-state index contributed by atoms with van der Waals surface area (Å²) in [5.41, 5.74) is 0.651. The topological polar surface area (TPSA) is 67.4 Å². The highest BCUT2D eigenvalue weighted by Gasteiger charge is 2.26. The van der Waals surface area contributed by atoms with Crippen LogP contribution in [0.4, 0.5) is 5.69 Å². The van der Waals surface area contributed by atoms with Gasteiger partial charge in [0.05, 0.1) is 11.8 Å². The van der Waals surface area contributed by atoms with Gasteiger partial charge >= 0.3 is 0 Å². The lowest BCUT2D eigenvalue weighted by molar-refractivity contribution is 0.108. The van der Waals surface area contributed by atoms with Crippen LogP contribution in [0.15, 0.2) is 29.2 Å². The highest BCUT2D eigenvalue weighted by molar-refractivity contribution is 7.89. The second kappa shape index (κ2) is 5.90. The van der Waals surface area contributed by atoms with Gasteiger partial charge in [-0.15, -0.1) is 0 Å². The zero-order chi connectivity index (χ0) is 13.9. The van der Waals surface area contributed by atoms with Gasteiger partial charge in [-0.1, -0.05) is 12.1 Å². The average molecular weight is 284 g/mol. The third kappa shape index (κ3) is 3.26. The highest BCUT2D eigenvalue weighted by Crippen LogP contribution is 2.28. The van der Waals surface area contributed by atoms with Crippen molar-refractivity contribution in [1.29, 1.82) is 0 Å². The van der Waals surface area contributed by atoms with Gasteiger partial charge in [0, 0.05) is 13.2 Å². The molecule has 0 saturated heterocycles. The summed E-state index contributed by atoms with van der Waals surface area (Å²) in [6, 6.07) is 7.22. The third-order valence-corrected chi connectivity index (χ3v) is 5.00. The zero-order valence-electron chi connectivity index (χ0n) is 11.2. The van der Waals surface area contributed by atoms with Gasteiger partial charge in [-0.2, -0.15) is 0 Å². The Balaban J connectivity index is 2.18. The normalized spacial score (nSPS) is 23.5. The fourth-order valence-electron chi connectivity index (χ4n) is 2.44. The maximum Gasteiger partial charge on any atom is 0.242 e. The predicted octanol–water partition coefficient (Wildman–Crippen LogP) is 1.57. The number of rotatable bonds is 5. The highest BCUT2D eigenvalue weighted by atomic mass is 32.2. The summed E-state index contributed by atoms with van der Waals surface area (Å²) in [4.78, 5) is 0.290. The van der Waals surface area contributed by atoms with Crippen molar-refractivity contribution >= 4 is 15.7 Å². The first-order chi connectivity index (χ1) is 9.06. The Morgan fingerprint density at radius 1 is 1.26 bits per heavy atom. The van der Waals surface area contributed by atoms with Gasteiger partial charge in [0.15, 0.2) is 0 Å². The summed E-state index contributed by atoms with van der Waals surface area (Å²) in [7, 11) is -0.299. The molecular formula is C13H20N2O3S. The van der Waals surface area contributed by atoms with E-state index in [2.05, 4.69) is 10.0 Å². The molecular weight excluding hydrogens is 264 g/mol. The zero-order valence-corrected chi connectivity index (χ0v) is 12.0. The third-order valence-electron chi connectivity index (χ3n) is 3.52. The monoisotopic (exact) mass is 284 g/mol. The van der Waals surface area contributed by atoms with Crippen molar-refractivity contribution in [3.8, 4) is 0 Å². The number of ether oxygens (including phenoxy) is 1. The van der Waals surface area contributed by atoms with E-state index in [9.17, 15) is 8.42 Å². The molecule has 1 aromatic rings. The van der Waals surface area contributed by atoms with E-state index in [-0.39, 0.29) is 12.1 Å². The molecule has 6 heteroatoms. The average Bonchev–Trinajstić information content (AvgIpc) is 2.87. The van der Waals surface area contributed by atoms with Crippen molar-refractivity contribution in [2.24, 2.45) is 0 Å². The van der Waals surface area contributed by atoms with E-state index >= 15 is 0 Å². The van der Waals surface area contributed by atoms with E-state index in [1.54, 1.807) is 25.3 Å². The smallest absolute Gasteiger partial charge is 0.242 e. The maximum absolute atomic E-state index is 11.9. The number of nitrogens with one attached hydrogen (secondary N) is 2. The summed E-state index contributed by atoms with van der Waals surface area (Å²) < 4.78 is 31.6. The molecule has 1 aliphatic rings. The van der Waals surface area contributed by atoms with E-state index < -0.39 is 10.0 Å². The predicted molar refractivity (Wildman–Crippen MR) is 74.7 cm³/mol. The molecule has 1 saturated carbocycles. The molecule has 0 aliphatic heterocycles. The summed E-state index contributed by atoms with van der Waals surface area (Å²) in [5, 5.41) is 3.32. The Hall–Kier alpha value is -1.11. The maximum atomic E-state index is 11.9. The first-order valence-electron chi connectivity index (χ1n) is 6.38. The van der Waals surface area contributed by atoms with Crippen LogP contribution in [0.2, 0.25) is 0 Å². The van der Waals surface area contributed by atoms with Crippen molar-refractivity contribution in [1.82, 2.24) is 4.72 Å². The molecule has 1 aliphatic carbocycles. The molecule has 0 bridgehead atoms. The molecule has 106 valence electrons. The Kier molecular flexibility index (Phi) is 4.44. The summed E-state index contributed by atoms with van der Waals surface area (Å²) in [6.45, 7) is 0. The molecule has 1 fully saturated rings. The quantitative estimate of drug-likeness (QED) is 0.861. The van der Waals surface area contributed by atoms with Crippen LogP contribution in [-0.2, 0) is 14.8 Å². The van der Waals surface area contributed by atoms with Crippen LogP contribution in [0.5, 0.6) is 0 Å². The molecule has 1 aromatic carbocycles. The molecule has 2 unspecified atom stereocenters. The van der Waals surface area contributed by atoms with Crippen molar-refractivity contribution in [2.45, 2.75) is 36.3 Å². The molecule has 2 atom stereocenters. The van der Waals surface area contributed by atoms with Gasteiger partial charge in [0.25, 0.3) is 0 Å². The number of benzene rings is 1. The van der Waals surface area contributed by atoms with E-state index in [1.165, 1.54) is 7.05 Å². The summed E-state index contributed by atoms with van der Waals surface area (Å²) in [5.74, 6) is 0. The van der Waals surface area contributed by atoms with Gasteiger partial charge in [0.2, 0.25) is 10.0 Å². The molecule has 0 heterocycles. The SMILES string of the molecule is CNS(=O)(=O)c1ccccc1NC1CCC(OC)C1. The number of anilines is 1. The molecule has 0 radical (unpaired) electrons. The molecule has 0 aromatic heterocycles. The Labute approximate surface area is 114 Å². The molecule has 0 spiro atoms. The first kappa shape index (κ1) is 14.3. The van der Waals surface area contributed by atoms with E-state index in [0.29, 0.717) is 10.6 Å². The lowest BCUT2D eigenvalue weighted by Gasteiger charge is -2.17. The molecule has 2 N–H and O–H groups in total. The number of hydrogen-bond acceptors (Lipinski definition) is 4. The molecule has 2 rings (SSSR count). The number of hydrogen-bond donors (Lipinski definition) is 2. The second-order valence-electron chi connectivity index (χ2n) is 4.72. The number of para-hydroxylation sites is 1. The van der Waals surface area contributed by atoms with E-state index in [0.717, 1.165) is 19.3 Å². The van der Waals surface area contributed by atoms with E-state index in [1.807, 2.05) is 6.07 Å². The van der Waals surface area contributed by atoms with Crippen LogP contribution in [0, 0.1) is 0 Å². The van der Waals surface area contributed by atoms with Crippen molar-refractivity contribution in [3.05, 3.63) is 24.3 Å². The molecule has 5 nitrogen and oxygen atoms in total. The summed E-state index contributed by atoms with van der Waals surface area (Å²) >= 11 is 0. The minimum Gasteiger partial charge on any atom is -0.381 e.